The Bertz CT molecular complexity index is 2340. The maximum atomic E-state index is 15.3. The number of ether oxygens (including phenoxy) is 4. The van der Waals surface area contributed by atoms with Gasteiger partial charge in [-0.15, -0.1) is 0 Å². The fraction of sp³-hybridized carbons (Fsp3) is 0.111. The van der Waals surface area contributed by atoms with Crippen molar-refractivity contribution >= 4 is 67.3 Å². The molecule has 48 heavy (non-hydrogen) atoms. The van der Waals surface area contributed by atoms with Gasteiger partial charge in [-0.3, -0.25) is 9.13 Å². The molecule has 236 valence electrons. The predicted molar refractivity (Wildman–Crippen MR) is 185 cm³/mol. The number of rotatable bonds is 4. The van der Waals surface area contributed by atoms with Gasteiger partial charge in [-0.1, -0.05) is 0 Å². The Labute approximate surface area is 272 Å². The molecule has 5 heterocycles. The second-order valence-electron chi connectivity index (χ2n) is 11.3. The van der Waals surface area contributed by atoms with E-state index in [0.717, 1.165) is 43.6 Å². The average molecular weight is 640 g/mol. The molecule has 0 radical (unpaired) electrons. The van der Waals surface area contributed by atoms with Gasteiger partial charge in [0, 0.05) is 58.0 Å². The molecule has 0 fully saturated rings. The van der Waals surface area contributed by atoms with Crippen LogP contribution in [0, 0.1) is 0 Å². The maximum absolute atomic E-state index is 15.3. The van der Waals surface area contributed by atoms with Gasteiger partial charge in [-0.25, -0.2) is 9.29 Å². The van der Waals surface area contributed by atoms with Crippen LogP contribution >= 0.6 is 0 Å². The van der Waals surface area contributed by atoms with Gasteiger partial charge in [0.1, 0.15) is 40.5 Å². The van der Waals surface area contributed by atoms with Crippen molar-refractivity contribution < 1.29 is 23.3 Å². The van der Waals surface area contributed by atoms with Gasteiger partial charge < -0.3 is 18.9 Å². The van der Waals surface area contributed by atoms with Gasteiger partial charge in [0.2, 0.25) is 17.9 Å². The predicted octanol–water partition coefficient (Wildman–Crippen LogP) is 6.84. The topological polar surface area (TPSA) is 99.5 Å². The van der Waals surface area contributed by atoms with Gasteiger partial charge in [-0.05, 0) is 48.5 Å². The number of hydrogen-bond donors (Lipinski definition) is 0. The normalized spacial score (nSPS) is 15.5. The van der Waals surface area contributed by atoms with Crippen LogP contribution < -0.4 is 18.9 Å². The molecule has 9 rings (SSSR count). The van der Waals surface area contributed by atoms with E-state index in [0.29, 0.717) is 46.6 Å². The molecule has 0 spiro atoms. The van der Waals surface area contributed by atoms with Crippen LogP contribution in [0.15, 0.2) is 117 Å². The van der Waals surface area contributed by atoms with Gasteiger partial charge in [-0.2, -0.15) is 20.0 Å². The molecule has 6 aromatic rings. The highest BCUT2D eigenvalue weighted by atomic mass is 19.1. The molecule has 4 aromatic carbocycles. The molecule has 0 saturated heterocycles. The summed E-state index contributed by atoms with van der Waals surface area (Å²) in [6, 6.07) is 23.3. The van der Waals surface area contributed by atoms with Crippen LogP contribution in [-0.2, 0) is 0 Å². The van der Waals surface area contributed by atoms with E-state index in [1.165, 1.54) is 12.2 Å². The molecule has 0 aliphatic carbocycles. The molecule has 0 amide bonds. The highest BCUT2D eigenvalue weighted by Gasteiger charge is 2.34. The monoisotopic (exact) mass is 639 g/mol. The second kappa shape index (κ2) is 10.3. The summed E-state index contributed by atoms with van der Waals surface area (Å²) in [6.07, 6.45) is 2.69. The van der Waals surface area contributed by atoms with Crippen molar-refractivity contribution in [1.82, 2.24) is 14.0 Å². The minimum atomic E-state index is -0.498. The van der Waals surface area contributed by atoms with E-state index >= 15 is 4.39 Å². The molecule has 2 aromatic heterocycles. The number of aliphatic imine (C=N–C) groups is 4. The van der Waals surface area contributed by atoms with Crippen molar-refractivity contribution in [3.8, 4) is 23.0 Å². The third-order valence-electron chi connectivity index (χ3n) is 8.78. The quantitative estimate of drug-likeness (QED) is 0.210. The summed E-state index contributed by atoms with van der Waals surface area (Å²) < 4.78 is 41.5. The van der Waals surface area contributed by atoms with Gasteiger partial charge >= 0.3 is 0 Å². The number of amidine groups is 1. The number of allylic oxidation sites excluding steroid dienone is 2. The first kappa shape index (κ1) is 27.8. The van der Waals surface area contributed by atoms with Crippen LogP contribution in [0.3, 0.4) is 0 Å². The lowest BCUT2D eigenvalue weighted by Gasteiger charge is -2.32. The molecule has 0 bridgehead atoms. The molecule has 3 aliphatic rings. The zero-order chi connectivity index (χ0) is 32.7. The smallest absolute Gasteiger partial charge is 0.243 e. The van der Waals surface area contributed by atoms with Crippen LogP contribution in [-0.4, -0.2) is 66.2 Å². The first-order chi connectivity index (χ1) is 23.5. The largest absolute Gasteiger partial charge is 0.497 e. The highest BCUT2D eigenvalue weighted by molar-refractivity contribution is 6.25. The van der Waals surface area contributed by atoms with Crippen molar-refractivity contribution in [2.24, 2.45) is 20.0 Å². The van der Waals surface area contributed by atoms with Crippen LogP contribution in [0.4, 0.5) is 4.39 Å². The van der Waals surface area contributed by atoms with Crippen LogP contribution in [0.25, 0.3) is 43.6 Å². The number of guanidine groups is 1. The Hall–Kier alpha value is -6.43. The molecular weight excluding hydrogens is 613 g/mol. The van der Waals surface area contributed by atoms with Crippen molar-refractivity contribution in [3.63, 3.8) is 0 Å². The fourth-order valence-corrected chi connectivity index (χ4v) is 6.56. The summed E-state index contributed by atoms with van der Waals surface area (Å²) in [5.41, 5.74) is 3.21. The number of methoxy groups -OCH3 is 4. The number of nitrogens with zero attached hydrogens (tertiary/aromatic N) is 7. The molecule has 3 aliphatic heterocycles. The Morgan fingerprint density at radius 2 is 0.875 bits per heavy atom. The zero-order valence-corrected chi connectivity index (χ0v) is 26.2. The lowest BCUT2D eigenvalue weighted by atomic mass is 10.1. The first-order valence-electron chi connectivity index (χ1n) is 15.0. The van der Waals surface area contributed by atoms with Crippen LogP contribution in [0.1, 0.15) is 0 Å². The second-order valence-corrected chi connectivity index (χ2v) is 11.3. The molecule has 0 atom stereocenters. The Balaban J connectivity index is 1.32. The van der Waals surface area contributed by atoms with E-state index in [-0.39, 0.29) is 5.96 Å². The average Bonchev–Trinajstić information content (AvgIpc) is 3.61. The first-order valence-corrected chi connectivity index (χ1v) is 15.0. The number of hydrogen-bond acceptors (Lipinski definition) is 9. The third kappa shape index (κ3) is 3.98. The molecular formula is C36H26FN7O4. The fourth-order valence-electron chi connectivity index (χ4n) is 6.56. The van der Waals surface area contributed by atoms with Crippen molar-refractivity contribution in [2.45, 2.75) is 0 Å². The van der Waals surface area contributed by atoms with E-state index in [1.54, 1.807) is 33.3 Å². The Morgan fingerprint density at radius 3 is 1.29 bits per heavy atom. The number of fused-ring (bicyclic) bond motifs is 6. The SMILES string of the molecule is COc1ccc2c3ccc(OC)cc3n(C3=NC4=CC(F)=CC5=NC(n6c7cc(OC)ccc7c7ccc(OC)cc76)=NC(=N3)N45)c2c1. The molecule has 0 unspecified atom stereocenters. The Kier molecular flexibility index (Phi) is 5.97. The van der Waals surface area contributed by atoms with E-state index in [4.69, 9.17) is 38.9 Å². The number of benzene rings is 4. The summed E-state index contributed by atoms with van der Waals surface area (Å²) in [5.74, 6) is 3.61. The summed E-state index contributed by atoms with van der Waals surface area (Å²) in [4.78, 5) is 21.3. The minimum absolute atomic E-state index is 0.275. The summed E-state index contributed by atoms with van der Waals surface area (Å²) in [6.45, 7) is 0. The zero-order valence-electron chi connectivity index (χ0n) is 26.2. The molecule has 12 heteroatoms. The highest BCUT2D eigenvalue weighted by Crippen LogP contribution is 2.37. The number of aromatic nitrogens is 2. The summed E-state index contributed by atoms with van der Waals surface area (Å²) in [5, 5.41) is 3.85. The maximum Gasteiger partial charge on any atom is 0.243 e. The summed E-state index contributed by atoms with van der Waals surface area (Å²) in [7, 11) is 6.48. The molecule has 11 nitrogen and oxygen atoms in total. The van der Waals surface area contributed by atoms with E-state index < -0.39 is 5.83 Å². The Morgan fingerprint density at radius 1 is 0.479 bits per heavy atom. The van der Waals surface area contributed by atoms with E-state index in [1.807, 2.05) is 81.9 Å². The standard InChI is InChI=1S/C36H26FN7O4/c1-45-20-5-9-24-25-10-6-21(46-2)16-29(25)42(28(24)15-20)34-38-32-13-19(37)14-33-39-35(41-36(40-34)44(32)33)43-30-17-22(47-3)7-11-26(30)27-12-8-23(48-4)18-31(27)43/h5-18H,1-4H3. The lowest BCUT2D eigenvalue weighted by Crippen LogP contribution is -2.43. The van der Waals surface area contributed by atoms with E-state index in [9.17, 15) is 0 Å². The van der Waals surface area contributed by atoms with Crippen molar-refractivity contribution in [1.29, 1.82) is 0 Å². The van der Waals surface area contributed by atoms with Crippen molar-refractivity contribution in [2.75, 3.05) is 28.4 Å². The molecule has 0 saturated carbocycles. The lowest BCUT2D eigenvalue weighted by molar-refractivity contribution is 0.415. The van der Waals surface area contributed by atoms with Gasteiger partial charge in [0.15, 0.2) is 0 Å². The van der Waals surface area contributed by atoms with Gasteiger partial charge in [0.25, 0.3) is 0 Å². The third-order valence-corrected chi connectivity index (χ3v) is 8.78. The van der Waals surface area contributed by atoms with Gasteiger partial charge in [0.05, 0.1) is 50.5 Å². The van der Waals surface area contributed by atoms with E-state index in [2.05, 4.69) is 0 Å². The number of halogens is 1. The summed E-state index contributed by atoms with van der Waals surface area (Å²) >= 11 is 0. The van der Waals surface area contributed by atoms with Crippen LogP contribution in [0.2, 0.25) is 0 Å². The van der Waals surface area contributed by atoms with Crippen molar-refractivity contribution in [3.05, 3.63) is 96.6 Å². The molecule has 0 N–H and O–H groups in total. The van der Waals surface area contributed by atoms with Crippen LogP contribution in [0.5, 0.6) is 23.0 Å². The minimum Gasteiger partial charge on any atom is -0.497 e.